The summed E-state index contributed by atoms with van der Waals surface area (Å²) in [5.41, 5.74) is 2.73. The Balaban J connectivity index is 2.44. The number of aryl methyl sites for hydroxylation is 1. The lowest BCUT2D eigenvalue weighted by molar-refractivity contribution is 0.0989. The van der Waals surface area contributed by atoms with Crippen LogP contribution in [0.3, 0.4) is 0 Å². The summed E-state index contributed by atoms with van der Waals surface area (Å²) in [6.45, 7) is 7.73. The van der Waals surface area contributed by atoms with E-state index < -0.39 is 10.0 Å². The number of Topliss-reactive ketones (excluding diaryl/α,β-unsaturated/α-hetero) is 1. The molecule has 0 aliphatic rings. The van der Waals surface area contributed by atoms with Crippen molar-refractivity contribution in [1.29, 1.82) is 0 Å². The zero-order valence-electron chi connectivity index (χ0n) is 14.5. The van der Waals surface area contributed by atoms with Gasteiger partial charge in [0, 0.05) is 12.0 Å². The molecule has 2 aromatic rings. The van der Waals surface area contributed by atoms with E-state index in [1.54, 1.807) is 43.3 Å². The zero-order chi connectivity index (χ0) is 17.9. The van der Waals surface area contributed by atoms with E-state index in [1.807, 2.05) is 26.8 Å². The molecule has 0 amide bonds. The minimum atomic E-state index is -3.73. The summed E-state index contributed by atoms with van der Waals surface area (Å²) in [4.78, 5) is 12.4. The van der Waals surface area contributed by atoms with E-state index in [9.17, 15) is 13.2 Å². The number of anilines is 1. The molecule has 4 nitrogen and oxygen atoms in total. The summed E-state index contributed by atoms with van der Waals surface area (Å²) in [6, 6.07) is 11.9. The van der Waals surface area contributed by atoms with Gasteiger partial charge in [0.1, 0.15) is 0 Å². The summed E-state index contributed by atoms with van der Waals surface area (Å²) in [7, 11) is -3.73. The van der Waals surface area contributed by atoms with Crippen molar-refractivity contribution < 1.29 is 13.2 Å². The molecular weight excluding hydrogens is 322 g/mol. The van der Waals surface area contributed by atoms with Crippen LogP contribution in [-0.2, 0) is 10.0 Å². The number of carbonyl (C=O) groups excluding carboxylic acids is 1. The molecule has 0 bridgehead atoms. The third-order valence-electron chi connectivity index (χ3n) is 3.91. The second-order valence-electron chi connectivity index (χ2n) is 6.16. The van der Waals surface area contributed by atoms with Crippen LogP contribution < -0.4 is 4.72 Å². The minimum absolute atomic E-state index is 0.0842. The first-order chi connectivity index (χ1) is 11.2. The Kier molecular flexibility index (Phi) is 5.44. The number of sulfonamides is 1. The smallest absolute Gasteiger partial charge is 0.261 e. The van der Waals surface area contributed by atoms with E-state index in [0.29, 0.717) is 17.7 Å². The second-order valence-corrected chi connectivity index (χ2v) is 7.84. The van der Waals surface area contributed by atoms with Gasteiger partial charge >= 0.3 is 0 Å². The van der Waals surface area contributed by atoms with Crippen LogP contribution >= 0.6 is 0 Å². The summed E-state index contributed by atoms with van der Waals surface area (Å²) < 4.78 is 27.7. The fraction of sp³-hybridized carbons (Fsp3) is 0.316. The molecule has 0 atom stereocenters. The largest absolute Gasteiger partial charge is 0.294 e. The van der Waals surface area contributed by atoms with Crippen molar-refractivity contribution in [3.63, 3.8) is 0 Å². The minimum Gasteiger partial charge on any atom is -0.294 e. The monoisotopic (exact) mass is 345 g/mol. The molecular formula is C19H23NO3S. The van der Waals surface area contributed by atoms with Crippen LogP contribution in [0.1, 0.15) is 54.6 Å². The molecule has 0 aromatic heterocycles. The second kappa shape index (κ2) is 7.18. The van der Waals surface area contributed by atoms with Gasteiger partial charge in [0.2, 0.25) is 0 Å². The van der Waals surface area contributed by atoms with Gasteiger partial charge in [-0.15, -0.1) is 0 Å². The quantitative estimate of drug-likeness (QED) is 0.783. The summed E-state index contributed by atoms with van der Waals surface area (Å²) in [5, 5.41) is 0. The highest BCUT2D eigenvalue weighted by molar-refractivity contribution is 7.92. The van der Waals surface area contributed by atoms with E-state index in [0.717, 1.165) is 11.1 Å². The van der Waals surface area contributed by atoms with Gasteiger partial charge in [-0.25, -0.2) is 8.42 Å². The average Bonchev–Trinajstić information content (AvgIpc) is 2.54. The molecule has 0 saturated heterocycles. The molecule has 2 rings (SSSR count). The Bertz CT molecular complexity index is 837. The standard InChI is InChI=1S/C19H23NO3S/c1-5-19(21)17-12-15(13(2)3)8-11-18(17)20-24(22,23)16-9-6-14(4)7-10-16/h6-13,20H,5H2,1-4H3. The van der Waals surface area contributed by atoms with Crippen molar-refractivity contribution in [2.45, 2.75) is 44.9 Å². The Morgan fingerprint density at radius 2 is 1.71 bits per heavy atom. The van der Waals surface area contributed by atoms with Gasteiger partial charge in [0.25, 0.3) is 10.0 Å². The number of hydrogen-bond donors (Lipinski definition) is 1. The van der Waals surface area contributed by atoms with Gasteiger partial charge in [-0.05, 0) is 42.7 Å². The molecule has 0 radical (unpaired) electrons. The van der Waals surface area contributed by atoms with Crippen molar-refractivity contribution >= 4 is 21.5 Å². The molecule has 1 N–H and O–H groups in total. The number of rotatable bonds is 6. The van der Waals surface area contributed by atoms with Crippen LogP contribution in [-0.4, -0.2) is 14.2 Å². The van der Waals surface area contributed by atoms with Crippen LogP contribution in [0.15, 0.2) is 47.4 Å². The van der Waals surface area contributed by atoms with Crippen LogP contribution in [0.2, 0.25) is 0 Å². The number of ketones is 1. The number of benzene rings is 2. The first kappa shape index (κ1) is 18.2. The van der Waals surface area contributed by atoms with Gasteiger partial charge in [0.15, 0.2) is 5.78 Å². The van der Waals surface area contributed by atoms with E-state index in [4.69, 9.17) is 0 Å². The molecule has 0 aliphatic heterocycles. The molecule has 128 valence electrons. The predicted molar refractivity (Wildman–Crippen MR) is 97.1 cm³/mol. The molecule has 0 spiro atoms. The van der Waals surface area contributed by atoms with Crippen molar-refractivity contribution in [3.05, 3.63) is 59.2 Å². The molecule has 5 heteroatoms. The van der Waals surface area contributed by atoms with Crippen molar-refractivity contribution in [2.75, 3.05) is 4.72 Å². The number of nitrogens with one attached hydrogen (secondary N) is 1. The lowest BCUT2D eigenvalue weighted by Crippen LogP contribution is -2.16. The summed E-state index contributed by atoms with van der Waals surface area (Å²) in [5.74, 6) is 0.176. The maximum atomic E-state index is 12.6. The number of hydrogen-bond acceptors (Lipinski definition) is 3. The first-order valence-corrected chi connectivity index (χ1v) is 9.49. The van der Waals surface area contributed by atoms with E-state index in [1.165, 1.54) is 0 Å². The molecule has 0 aliphatic carbocycles. The maximum absolute atomic E-state index is 12.6. The lowest BCUT2D eigenvalue weighted by Gasteiger charge is -2.15. The topological polar surface area (TPSA) is 63.2 Å². The fourth-order valence-corrected chi connectivity index (χ4v) is 3.43. The highest BCUT2D eigenvalue weighted by Crippen LogP contribution is 2.26. The SMILES string of the molecule is CCC(=O)c1cc(C(C)C)ccc1NS(=O)(=O)c1ccc(C)cc1. The van der Waals surface area contributed by atoms with Crippen LogP contribution in [0.25, 0.3) is 0 Å². The maximum Gasteiger partial charge on any atom is 0.261 e. The fourth-order valence-electron chi connectivity index (χ4n) is 2.35. The molecule has 24 heavy (non-hydrogen) atoms. The van der Waals surface area contributed by atoms with Crippen molar-refractivity contribution in [2.24, 2.45) is 0 Å². The van der Waals surface area contributed by atoms with Gasteiger partial charge in [-0.2, -0.15) is 0 Å². The Morgan fingerprint density at radius 3 is 2.25 bits per heavy atom. The van der Waals surface area contributed by atoms with Gasteiger partial charge in [-0.3, -0.25) is 9.52 Å². The van der Waals surface area contributed by atoms with E-state index >= 15 is 0 Å². The predicted octanol–water partition coefficient (Wildman–Crippen LogP) is 4.51. The van der Waals surface area contributed by atoms with Gasteiger partial charge in [0.05, 0.1) is 10.6 Å². The summed E-state index contributed by atoms with van der Waals surface area (Å²) in [6.07, 6.45) is 0.320. The van der Waals surface area contributed by atoms with Gasteiger partial charge in [-0.1, -0.05) is 44.5 Å². The highest BCUT2D eigenvalue weighted by Gasteiger charge is 2.19. The Morgan fingerprint density at radius 1 is 1.08 bits per heavy atom. The summed E-state index contributed by atoms with van der Waals surface area (Å²) >= 11 is 0. The average molecular weight is 345 g/mol. The van der Waals surface area contributed by atoms with Crippen LogP contribution in [0.5, 0.6) is 0 Å². The van der Waals surface area contributed by atoms with Crippen LogP contribution in [0, 0.1) is 6.92 Å². The Hall–Kier alpha value is -2.14. The third-order valence-corrected chi connectivity index (χ3v) is 5.29. The van der Waals surface area contributed by atoms with Crippen molar-refractivity contribution in [1.82, 2.24) is 0 Å². The molecule has 0 fully saturated rings. The van der Waals surface area contributed by atoms with E-state index in [2.05, 4.69) is 4.72 Å². The van der Waals surface area contributed by atoms with Crippen LogP contribution in [0.4, 0.5) is 5.69 Å². The third kappa shape index (κ3) is 4.03. The van der Waals surface area contributed by atoms with Gasteiger partial charge < -0.3 is 0 Å². The Labute approximate surface area is 144 Å². The molecule has 2 aromatic carbocycles. The lowest BCUT2D eigenvalue weighted by atomic mass is 9.97. The normalized spacial score (nSPS) is 11.5. The first-order valence-electron chi connectivity index (χ1n) is 8.01. The molecule has 0 saturated carbocycles. The number of carbonyl (C=O) groups is 1. The highest BCUT2D eigenvalue weighted by atomic mass is 32.2. The van der Waals surface area contributed by atoms with E-state index in [-0.39, 0.29) is 16.6 Å². The molecule has 0 heterocycles. The van der Waals surface area contributed by atoms with Crippen molar-refractivity contribution in [3.8, 4) is 0 Å². The zero-order valence-corrected chi connectivity index (χ0v) is 15.3. The molecule has 0 unspecified atom stereocenters.